The molecule has 1 aromatic rings. The second kappa shape index (κ2) is 7.06. The lowest BCUT2D eigenvalue weighted by molar-refractivity contribution is 0.294. The normalized spacial score (nSPS) is 10.5. The fourth-order valence-corrected chi connectivity index (χ4v) is 1.21. The first-order valence-electron chi connectivity index (χ1n) is 5.58. The molecule has 90 valence electrons. The summed E-state index contributed by atoms with van der Waals surface area (Å²) in [5.74, 6) is 1.39. The van der Waals surface area contributed by atoms with Gasteiger partial charge in [-0.3, -0.25) is 0 Å². The Labute approximate surface area is 97.0 Å². The average Bonchev–Trinajstić information content (AvgIpc) is 2.29. The molecule has 1 rings (SSSR count). The van der Waals surface area contributed by atoms with Crippen LogP contribution in [0.15, 0.2) is 18.3 Å². The second-order valence-corrected chi connectivity index (χ2v) is 3.85. The Morgan fingerprint density at radius 3 is 2.75 bits per heavy atom. The van der Waals surface area contributed by atoms with Crippen molar-refractivity contribution in [1.29, 1.82) is 0 Å². The highest BCUT2D eigenvalue weighted by atomic mass is 16.5. The summed E-state index contributed by atoms with van der Waals surface area (Å²) in [5.41, 5.74) is 0. The van der Waals surface area contributed by atoms with Crippen molar-refractivity contribution in [2.45, 2.75) is 26.3 Å². The van der Waals surface area contributed by atoms with Gasteiger partial charge in [0.15, 0.2) is 0 Å². The molecular formula is C12H20N2O2. The van der Waals surface area contributed by atoms with E-state index in [9.17, 15) is 0 Å². The molecule has 0 unspecified atom stereocenters. The molecule has 0 fully saturated rings. The summed E-state index contributed by atoms with van der Waals surface area (Å²) in [6, 6.07) is 4.18. The van der Waals surface area contributed by atoms with Crippen molar-refractivity contribution in [1.82, 2.24) is 10.3 Å². The zero-order valence-electron chi connectivity index (χ0n) is 10.2. The quantitative estimate of drug-likeness (QED) is 0.718. The highest BCUT2D eigenvalue weighted by molar-refractivity contribution is 5.22. The number of aromatic nitrogens is 1. The third-order valence-electron chi connectivity index (χ3n) is 2.07. The Kier molecular flexibility index (Phi) is 5.64. The van der Waals surface area contributed by atoms with Gasteiger partial charge in [0.25, 0.3) is 0 Å². The maximum atomic E-state index is 5.48. The number of nitrogens with one attached hydrogen (secondary N) is 1. The van der Waals surface area contributed by atoms with E-state index in [0.717, 1.165) is 18.7 Å². The first-order chi connectivity index (χ1) is 7.72. The van der Waals surface area contributed by atoms with Gasteiger partial charge >= 0.3 is 0 Å². The van der Waals surface area contributed by atoms with E-state index >= 15 is 0 Å². The van der Waals surface area contributed by atoms with E-state index in [1.807, 2.05) is 12.1 Å². The van der Waals surface area contributed by atoms with Gasteiger partial charge in [0.05, 0.1) is 19.9 Å². The van der Waals surface area contributed by atoms with Gasteiger partial charge in [0.2, 0.25) is 5.88 Å². The molecule has 0 aliphatic heterocycles. The van der Waals surface area contributed by atoms with Crippen molar-refractivity contribution in [3.05, 3.63) is 18.3 Å². The molecule has 0 radical (unpaired) electrons. The minimum atomic E-state index is 0.527. The lowest BCUT2D eigenvalue weighted by Crippen LogP contribution is -2.24. The lowest BCUT2D eigenvalue weighted by Gasteiger charge is -2.08. The Morgan fingerprint density at radius 1 is 1.38 bits per heavy atom. The molecule has 0 saturated heterocycles. The predicted octanol–water partition coefficient (Wildman–Crippen LogP) is 1.86. The number of hydrogen-bond acceptors (Lipinski definition) is 4. The molecule has 0 aromatic carbocycles. The SMILES string of the molecule is COc1ccc(OCCCNC(C)C)nc1. The number of ether oxygens (including phenoxy) is 2. The zero-order valence-corrected chi connectivity index (χ0v) is 10.2. The summed E-state index contributed by atoms with van der Waals surface area (Å²) in [5, 5.41) is 3.33. The fourth-order valence-electron chi connectivity index (χ4n) is 1.21. The van der Waals surface area contributed by atoms with Gasteiger partial charge < -0.3 is 14.8 Å². The third kappa shape index (κ3) is 4.98. The predicted molar refractivity (Wildman–Crippen MR) is 64.0 cm³/mol. The van der Waals surface area contributed by atoms with Crippen LogP contribution >= 0.6 is 0 Å². The number of pyridine rings is 1. The van der Waals surface area contributed by atoms with Crippen molar-refractivity contribution < 1.29 is 9.47 Å². The van der Waals surface area contributed by atoms with Crippen LogP contribution in [0.1, 0.15) is 20.3 Å². The van der Waals surface area contributed by atoms with Crippen LogP contribution in [-0.2, 0) is 0 Å². The highest BCUT2D eigenvalue weighted by Gasteiger charge is 1.97. The van der Waals surface area contributed by atoms with Gasteiger partial charge in [0, 0.05) is 12.1 Å². The Hall–Kier alpha value is -1.29. The maximum Gasteiger partial charge on any atom is 0.213 e. The summed E-state index contributed by atoms with van der Waals surface area (Å²) in [4.78, 5) is 4.11. The van der Waals surface area contributed by atoms with Gasteiger partial charge in [-0.2, -0.15) is 0 Å². The van der Waals surface area contributed by atoms with Gasteiger partial charge in [-0.1, -0.05) is 13.8 Å². The minimum absolute atomic E-state index is 0.527. The molecule has 16 heavy (non-hydrogen) atoms. The van der Waals surface area contributed by atoms with Crippen molar-refractivity contribution >= 4 is 0 Å². The van der Waals surface area contributed by atoms with E-state index in [4.69, 9.17) is 9.47 Å². The molecule has 0 amide bonds. The summed E-state index contributed by atoms with van der Waals surface area (Å²) in [6.45, 7) is 5.91. The topological polar surface area (TPSA) is 43.4 Å². The molecule has 4 nitrogen and oxygen atoms in total. The second-order valence-electron chi connectivity index (χ2n) is 3.85. The van der Waals surface area contributed by atoms with Crippen LogP contribution in [0.5, 0.6) is 11.6 Å². The zero-order chi connectivity index (χ0) is 11.8. The molecule has 0 aliphatic rings. The van der Waals surface area contributed by atoms with E-state index in [0.29, 0.717) is 18.5 Å². The van der Waals surface area contributed by atoms with Crippen LogP contribution in [0.3, 0.4) is 0 Å². The number of methoxy groups -OCH3 is 1. The van der Waals surface area contributed by atoms with E-state index in [1.165, 1.54) is 0 Å². The molecule has 4 heteroatoms. The molecule has 0 aliphatic carbocycles. The van der Waals surface area contributed by atoms with E-state index in [2.05, 4.69) is 24.1 Å². The fraction of sp³-hybridized carbons (Fsp3) is 0.583. The minimum Gasteiger partial charge on any atom is -0.495 e. The standard InChI is InChI=1S/C12H20N2O2/c1-10(2)13-7-4-8-16-12-6-5-11(15-3)9-14-12/h5-6,9-10,13H,4,7-8H2,1-3H3. The van der Waals surface area contributed by atoms with Crippen molar-refractivity contribution in [2.24, 2.45) is 0 Å². The summed E-state index contributed by atoms with van der Waals surface area (Å²) in [7, 11) is 1.62. The Morgan fingerprint density at radius 2 is 2.19 bits per heavy atom. The first kappa shape index (κ1) is 12.8. The smallest absolute Gasteiger partial charge is 0.213 e. The van der Waals surface area contributed by atoms with Crippen molar-refractivity contribution in [3.63, 3.8) is 0 Å². The summed E-state index contributed by atoms with van der Waals surface area (Å²) in [6.07, 6.45) is 2.63. The van der Waals surface area contributed by atoms with Crippen LogP contribution in [0.4, 0.5) is 0 Å². The molecule has 1 heterocycles. The lowest BCUT2D eigenvalue weighted by atomic mass is 10.3. The number of rotatable bonds is 7. The Bertz CT molecular complexity index is 286. The van der Waals surface area contributed by atoms with Gasteiger partial charge in [0.1, 0.15) is 5.75 Å². The van der Waals surface area contributed by atoms with Crippen molar-refractivity contribution in [3.8, 4) is 11.6 Å². The van der Waals surface area contributed by atoms with E-state index in [1.54, 1.807) is 13.3 Å². The molecule has 0 bridgehead atoms. The van der Waals surface area contributed by atoms with E-state index < -0.39 is 0 Å². The average molecular weight is 224 g/mol. The molecule has 1 aromatic heterocycles. The number of nitrogens with zero attached hydrogens (tertiary/aromatic N) is 1. The van der Waals surface area contributed by atoms with Crippen LogP contribution < -0.4 is 14.8 Å². The highest BCUT2D eigenvalue weighted by Crippen LogP contribution is 2.12. The van der Waals surface area contributed by atoms with Gasteiger partial charge in [-0.25, -0.2) is 4.98 Å². The molecule has 0 saturated carbocycles. The third-order valence-corrected chi connectivity index (χ3v) is 2.07. The van der Waals surface area contributed by atoms with Crippen molar-refractivity contribution in [2.75, 3.05) is 20.3 Å². The molecule has 0 atom stereocenters. The van der Waals surface area contributed by atoms with Gasteiger partial charge in [-0.15, -0.1) is 0 Å². The molecular weight excluding hydrogens is 204 g/mol. The summed E-state index contributed by atoms with van der Waals surface area (Å²) < 4.78 is 10.5. The molecule has 1 N–H and O–H groups in total. The number of hydrogen-bond donors (Lipinski definition) is 1. The van der Waals surface area contributed by atoms with E-state index in [-0.39, 0.29) is 0 Å². The monoisotopic (exact) mass is 224 g/mol. The van der Waals surface area contributed by atoms with Crippen LogP contribution in [-0.4, -0.2) is 31.3 Å². The maximum absolute atomic E-state index is 5.48. The van der Waals surface area contributed by atoms with Crippen LogP contribution in [0.2, 0.25) is 0 Å². The first-order valence-corrected chi connectivity index (χ1v) is 5.58. The van der Waals surface area contributed by atoms with Gasteiger partial charge in [-0.05, 0) is 19.0 Å². The van der Waals surface area contributed by atoms with Crippen LogP contribution in [0.25, 0.3) is 0 Å². The summed E-state index contributed by atoms with van der Waals surface area (Å²) >= 11 is 0. The molecule has 0 spiro atoms. The largest absolute Gasteiger partial charge is 0.495 e. The van der Waals surface area contributed by atoms with Crippen LogP contribution in [0, 0.1) is 0 Å². The Balaban J connectivity index is 2.16.